The van der Waals surface area contributed by atoms with Crippen LogP contribution in [0.2, 0.25) is 0 Å². The lowest BCUT2D eigenvalue weighted by Crippen LogP contribution is -2.45. The summed E-state index contributed by atoms with van der Waals surface area (Å²) in [5, 5.41) is 12.8. The Bertz CT molecular complexity index is 391. The van der Waals surface area contributed by atoms with Crippen molar-refractivity contribution in [2.45, 2.75) is 37.8 Å². The lowest BCUT2D eigenvalue weighted by atomic mass is 9.98. The smallest absolute Gasteiger partial charge is 0.137 e. The zero-order valence-corrected chi connectivity index (χ0v) is 11.3. The van der Waals surface area contributed by atoms with Gasteiger partial charge in [-0.3, -0.25) is 0 Å². The molecule has 4 heteroatoms. The first-order valence-corrected chi connectivity index (χ1v) is 6.74. The minimum Gasteiger partial charge on any atom is -0.394 e. The topological polar surface area (TPSA) is 32.3 Å². The van der Waals surface area contributed by atoms with Crippen LogP contribution >= 0.6 is 15.9 Å². The van der Waals surface area contributed by atoms with Crippen LogP contribution in [-0.2, 0) is 6.54 Å². The lowest BCUT2D eigenvalue weighted by Gasteiger charge is -2.28. The van der Waals surface area contributed by atoms with Crippen LogP contribution in [0.1, 0.15) is 31.2 Å². The zero-order chi connectivity index (χ0) is 12.3. The van der Waals surface area contributed by atoms with E-state index in [4.69, 9.17) is 0 Å². The number of halogens is 2. The Morgan fingerprint density at radius 2 is 2.06 bits per heavy atom. The summed E-state index contributed by atoms with van der Waals surface area (Å²) in [7, 11) is 0. The fourth-order valence-electron chi connectivity index (χ4n) is 2.38. The third kappa shape index (κ3) is 3.06. The highest BCUT2D eigenvalue weighted by atomic mass is 79.9. The molecule has 0 amide bonds. The predicted molar refractivity (Wildman–Crippen MR) is 69.2 cm³/mol. The van der Waals surface area contributed by atoms with Crippen molar-refractivity contribution >= 4 is 15.9 Å². The molecule has 1 aromatic rings. The Kier molecular flexibility index (Phi) is 4.17. The summed E-state index contributed by atoms with van der Waals surface area (Å²) in [6, 6.07) is 5.13. The first-order chi connectivity index (χ1) is 8.15. The molecule has 0 spiro atoms. The van der Waals surface area contributed by atoms with E-state index in [0.717, 1.165) is 31.2 Å². The van der Waals surface area contributed by atoms with Gasteiger partial charge in [-0.15, -0.1) is 0 Å². The fourth-order valence-corrected chi connectivity index (χ4v) is 2.63. The van der Waals surface area contributed by atoms with Gasteiger partial charge in [0.1, 0.15) is 5.82 Å². The second-order valence-corrected chi connectivity index (χ2v) is 5.60. The minimum atomic E-state index is -0.242. The van der Waals surface area contributed by atoms with E-state index in [9.17, 15) is 9.50 Å². The Balaban J connectivity index is 1.99. The fraction of sp³-hybridized carbons (Fsp3) is 0.538. The van der Waals surface area contributed by atoms with Crippen molar-refractivity contribution < 1.29 is 9.50 Å². The predicted octanol–water partition coefficient (Wildman–Crippen LogP) is 2.98. The monoisotopic (exact) mass is 301 g/mol. The molecule has 1 aliphatic carbocycles. The van der Waals surface area contributed by atoms with Gasteiger partial charge in [0, 0.05) is 12.1 Å². The third-order valence-corrected chi connectivity index (χ3v) is 4.16. The minimum absolute atomic E-state index is 0.149. The molecule has 2 nitrogen and oxygen atoms in total. The van der Waals surface area contributed by atoms with E-state index >= 15 is 0 Å². The normalized spacial score (nSPS) is 18.5. The van der Waals surface area contributed by atoms with Crippen LogP contribution < -0.4 is 5.32 Å². The van der Waals surface area contributed by atoms with Crippen LogP contribution in [0.25, 0.3) is 0 Å². The quantitative estimate of drug-likeness (QED) is 0.896. The van der Waals surface area contributed by atoms with Gasteiger partial charge in [0.25, 0.3) is 0 Å². The molecule has 1 fully saturated rings. The Hall–Kier alpha value is -0.450. The van der Waals surface area contributed by atoms with Crippen molar-refractivity contribution in [1.29, 1.82) is 0 Å². The SMILES string of the molecule is OCC1(NCc2ccc(Br)c(F)c2)CCCC1. The summed E-state index contributed by atoms with van der Waals surface area (Å²) in [4.78, 5) is 0. The number of aliphatic hydroxyl groups is 1. The average Bonchev–Trinajstić information content (AvgIpc) is 2.80. The molecule has 0 atom stereocenters. The van der Waals surface area contributed by atoms with Gasteiger partial charge in [-0.05, 0) is 46.5 Å². The summed E-state index contributed by atoms with van der Waals surface area (Å²) in [5.41, 5.74) is 0.759. The maximum absolute atomic E-state index is 13.3. The number of hydrogen-bond acceptors (Lipinski definition) is 2. The Morgan fingerprint density at radius 1 is 1.35 bits per heavy atom. The summed E-state index contributed by atoms with van der Waals surface area (Å²) in [5.74, 6) is -0.242. The van der Waals surface area contributed by atoms with Crippen LogP contribution in [0.3, 0.4) is 0 Å². The van der Waals surface area contributed by atoms with E-state index < -0.39 is 0 Å². The molecule has 0 bridgehead atoms. The molecule has 1 aliphatic rings. The summed E-state index contributed by atoms with van der Waals surface area (Å²) >= 11 is 3.14. The molecule has 0 aliphatic heterocycles. The van der Waals surface area contributed by atoms with Crippen molar-refractivity contribution in [3.63, 3.8) is 0 Å². The number of rotatable bonds is 4. The second-order valence-electron chi connectivity index (χ2n) is 4.75. The highest BCUT2D eigenvalue weighted by molar-refractivity contribution is 9.10. The van der Waals surface area contributed by atoms with E-state index in [-0.39, 0.29) is 18.0 Å². The van der Waals surface area contributed by atoms with Gasteiger partial charge in [0.2, 0.25) is 0 Å². The summed E-state index contributed by atoms with van der Waals surface area (Å²) < 4.78 is 13.8. The first-order valence-electron chi connectivity index (χ1n) is 5.95. The first kappa shape index (κ1) is 13.0. The number of nitrogens with one attached hydrogen (secondary N) is 1. The van der Waals surface area contributed by atoms with Crippen LogP contribution in [-0.4, -0.2) is 17.3 Å². The molecule has 17 heavy (non-hydrogen) atoms. The number of aliphatic hydroxyl groups excluding tert-OH is 1. The van der Waals surface area contributed by atoms with Crippen LogP contribution in [0.4, 0.5) is 4.39 Å². The van der Waals surface area contributed by atoms with E-state index in [0.29, 0.717) is 11.0 Å². The van der Waals surface area contributed by atoms with Gasteiger partial charge >= 0.3 is 0 Å². The molecule has 0 heterocycles. The molecule has 0 aromatic heterocycles. The molecular formula is C13H17BrFNO. The van der Waals surface area contributed by atoms with Crippen LogP contribution in [0.15, 0.2) is 22.7 Å². The van der Waals surface area contributed by atoms with Gasteiger partial charge < -0.3 is 10.4 Å². The molecular weight excluding hydrogens is 285 g/mol. The van der Waals surface area contributed by atoms with Crippen molar-refractivity contribution in [2.24, 2.45) is 0 Å². The van der Waals surface area contributed by atoms with E-state index in [1.165, 1.54) is 6.07 Å². The maximum Gasteiger partial charge on any atom is 0.137 e. The van der Waals surface area contributed by atoms with Crippen molar-refractivity contribution in [3.8, 4) is 0 Å². The van der Waals surface area contributed by atoms with E-state index in [1.807, 2.05) is 6.07 Å². The molecule has 0 saturated heterocycles. The van der Waals surface area contributed by atoms with Crippen molar-refractivity contribution in [3.05, 3.63) is 34.1 Å². The standard InChI is InChI=1S/C13H17BrFNO/c14-11-4-3-10(7-12(11)15)8-16-13(9-17)5-1-2-6-13/h3-4,7,16-17H,1-2,5-6,8-9H2. The zero-order valence-electron chi connectivity index (χ0n) is 9.68. The lowest BCUT2D eigenvalue weighted by molar-refractivity contribution is 0.163. The largest absolute Gasteiger partial charge is 0.394 e. The molecule has 94 valence electrons. The summed E-state index contributed by atoms with van der Waals surface area (Å²) in [6.45, 7) is 0.761. The third-order valence-electron chi connectivity index (χ3n) is 3.51. The maximum atomic E-state index is 13.3. The van der Waals surface area contributed by atoms with Crippen molar-refractivity contribution in [1.82, 2.24) is 5.32 Å². The van der Waals surface area contributed by atoms with Gasteiger partial charge in [-0.1, -0.05) is 18.9 Å². The van der Waals surface area contributed by atoms with E-state index in [1.54, 1.807) is 6.07 Å². The van der Waals surface area contributed by atoms with E-state index in [2.05, 4.69) is 21.2 Å². The average molecular weight is 302 g/mol. The van der Waals surface area contributed by atoms with Gasteiger partial charge in [0.15, 0.2) is 0 Å². The van der Waals surface area contributed by atoms with Crippen molar-refractivity contribution in [2.75, 3.05) is 6.61 Å². The number of hydrogen-bond donors (Lipinski definition) is 2. The second kappa shape index (κ2) is 5.46. The summed E-state index contributed by atoms with van der Waals surface area (Å²) in [6.07, 6.45) is 4.32. The molecule has 0 radical (unpaired) electrons. The molecule has 2 N–H and O–H groups in total. The Labute approximate surface area is 109 Å². The van der Waals surface area contributed by atoms with Gasteiger partial charge in [-0.25, -0.2) is 4.39 Å². The Morgan fingerprint density at radius 3 is 2.65 bits per heavy atom. The molecule has 0 unspecified atom stereocenters. The molecule has 2 rings (SSSR count). The van der Waals surface area contributed by atoms with Crippen LogP contribution in [0.5, 0.6) is 0 Å². The van der Waals surface area contributed by atoms with Gasteiger partial charge in [0.05, 0.1) is 11.1 Å². The van der Waals surface area contributed by atoms with Crippen LogP contribution in [0, 0.1) is 5.82 Å². The number of benzene rings is 1. The molecule has 1 saturated carbocycles. The van der Waals surface area contributed by atoms with Gasteiger partial charge in [-0.2, -0.15) is 0 Å². The highest BCUT2D eigenvalue weighted by Gasteiger charge is 2.32. The highest BCUT2D eigenvalue weighted by Crippen LogP contribution is 2.29. The molecule has 1 aromatic carbocycles.